The molecular formula is C37H42N4O4. The maximum absolute atomic E-state index is 13.0. The van der Waals surface area contributed by atoms with E-state index < -0.39 is 6.29 Å². The summed E-state index contributed by atoms with van der Waals surface area (Å²) in [4.78, 5) is 17.6. The van der Waals surface area contributed by atoms with Gasteiger partial charge in [-0.15, -0.1) is 0 Å². The fourth-order valence-corrected chi connectivity index (χ4v) is 8.93. The van der Waals surface area contributed by atoms with Gasteiger partial charge in [0.05, 0.1) is 42.7 Å². The monoisotopic (exact) mass is 606 g/mol. The number of rotatable bonds is 8. The number of carbonyl (C=O) groups is 1. The minimum Gasteiger partial charge on any atom is -0.392 e. The van der Waals surface area contributed by atoms with Crippen LogP contribution in [0.4, 0.5) is 4.79 Å². The summed E-state index contributed by atoms with van der Waals surface area (Å²) in [6, 6.07) is 24.2. The van der Waals surface area contributed by atoms with E-state index in [-0.39, 0.29) is 30.4 Å². The molecule has 3 aromatic carbocycles. The van der Waals surface area contributed by atoms with Crippen molar-refractivity contribution in [1.82, 2.24) is 20.2 Å². The number of para-hydroxylation sites is 2. The summed E-state index contributed by atoms with van der Waals surface area (Å²) < 4.78 is 15.3. The molecule has 9 rings (SSSR count). The molecule has 4 aliphatic carbocycles. The number of benzene rings is 3. The van der Waals surface area contributed by atoms with Gasteiger partial charge in [0, 0.05) is 24.1 Å². The van der Waals surface area contributed by atoms with Crippen molar-refractivity contribution >= 4 is 17.1 Å². The molecule has 4 bridgehead atoms. The van der Waals surface area contributed by atoms with Crippen molar-refractivity contribution in [1.29, 1.82) is 0 Å². The molecule has 2 amide bonds. The Labute approximate surface area is 264 Å². The highest BCUT2D eigenvalue weighted by molar-refractivity contribution is 5.75. The summed E-state index contributed by atoms with van der Waals surface area (Å²) >= 11 is 0. The molecule has 234 valence electrons. The van der Waals surface area contributed by atoms with Crippen LogP contribution in [0.3, 0.4) is 0 Å². The Bertz CT molecular complexity index is 1610. The summed E-state index contributed by atoms with van der Waals surface area (Å²) in [6.07, 6.45) is 9.30. The van der Waals surface area contributed by atoms with Crippen molar-refractivity contribution in [3.05, 3.63) is 101 Å². The van der Waals surface area contributed by atoms with E-state index in [2.05, 4.69) is 26.3 Å². The zero-order valence-corrected chi connectivity index (χ0v) is 25.6. The number of imidazole rings is 1. The van der Waals surface area contributed by atoms with Crippen molar-refractivity contribution in [2.45, 2.75) is 88.7 Å². The Morgan fingerprint density at radius 3 is 2.22 bits per heavy atom. The predicted molar refractivity (Wildman–Crippen MR) is 171 cm³/mol. The van der Waals surface area contributed by atoms with Crippen LogP contribution in [0.5, 0.6) is 0 Å². The quantitative estimate of drug-likeness (QED) is 0.212. The summed E-state index contributed by atoms with van der Waals surface area (Å²) in [5.74, 6) is 2.39. The fraction of sp³-hybridized carbons (Fsp3) is 0.459. The largest absolute Gasteiger partial charge is 0.392 e. The van der Waals surface area contributed by atoms with Gasteiger partial charge < -0.3 is 29.8 Å². The van der Waals surface area contributed by atoms with Crippen LogP contribution in [0.15, 0.2) is 79.1 Å². The molecule has 1 aliphatic heterocycles. The number of fused-ring (bicyclic) bond motifs is 1. The standard InChI is InChI=1S/C37H42N4O4/c42-22-25-7-9-29(10-8-25)34-16-31(21-41-23-39-32-3-1-2-4-33(32)41)44-35(45-34)30-11-5-24(6-12-30)20-38-36(43)40-37-17-26-13-27(18-37)15-28(14-26)19-37/h1-12,23,26-28,31,34-35,42H,13-22H2,(H2,38,40,43)/t26?,27?,28?,31-,34+,35+,37?/m1/s1. The molecule has 0 unspecified atom stereocenters. The van der Waals surface area contributed by atoms with Crippen LogP contribution in [0.25, 0.3) is 11.0 Å². The van der Waals surface area contributed by atoms with E-state index in [1.165, 1.54) is 19.3 Å². The van der Waals surface area contributed by atoms with Gasteiger partial charge >= 0.3 is 6.03 Å². The lowest BCUT2D eigenvalue weighted by Gasteiger charge is -2.56. The van der Waals surface area contributed by atoms with Crippen LogP contribution in [-0.4, -0.2) is 32.3 Å². The SMILES string of the molecule is O=C(NCc1ccc([C@H]2O[C@@H](Cn3cnc4ccccc43)C[C@@H](c3ccc(CO)cc3)O2)cc1)NC12CC3CC(CC(C3)C1)C2. The molecule has 45 heavy (non-hydrogen) atoms. The second kappa shape index (κ2) is 11.9. The number of aliphatic hydroxyl groups excluding tert-OH is 1. The van der Waals surface area contributed by atoms with Gasteiger partial charge in [-0.1, -0.05) is 60.7 Å². The lowest BCUT2D eigenvalue weighted by Crippen LogP contribution is -2.61. The highest BCUT2D eigenvalue weighted by Crippen LogP contribution is 2.55. The molecule has 2 heterocycles. The smallest absolute Gasteiger partial charge is 0.315 e. The van der Waals surface area contributed by atoms with Gasteiger partial charge in [0.15, 0.2) is 6.29 Å². The molecule has 5 fully saturated rings. The normalized spacial score (nSPS) is 30.4. The van der Waals surface area contributed by atoms with Gasteiger partial charge in [-0.05, 0) is 85.1 Å². The molecule has 3 atom stereocenters. The van der Waals surface area contributed by atoms with Crippen LogP contribution in [0.1, 0.15) is 79.6 Å². The molecule has 0 spiro atoms. The maximum atomic E-state index is 13.0. The maximum Gasteiger partial charge on any atom is 0.315 e. The third kappa shape index (κ3) is 5.99. The zero-order chi connectivity index (χ0) is 30.4. The van der Waals surface area contributed by atoms with Gasteiger partial charge in [0.1, 0.15) is 0 Å². The van der Waals surface area contributed by atoms with Gasteiger partial charge in [-0.3, -0.25) is 0 Å². The first-order valence-electron chi connectivity index (χ1n) is 16.6. The van der Waals surface area contributed by atoms with Crippen LogP contribution in [0, 0.1) is 17.8 Å². The number of aliphatic hydroxyl groups is 1. The zero-order valence-electron chi connectivity index (χ0n) is 25.6. The molecule has 5 aliphatic rings. The van der Waals surface area contributed by atoms with E-state index in [9.17, 15) is 9.90 Å². The van der Waals surface area contributed by atoms with Gasteiger partial charge in [-0.2, -0.15) is 0 Å². The molecule has 8 heteroatoms. The number of carbonyl (C=O) groups excluding carboxylic acids is 1. The van der Waals surface area contributed by atoms with E-state index >= 15 is 0 Å². The first-order valence-corrected chi connectivity index (χ1v) is 16.6. The van der Waals surface area contributed by atoms with E-state index in [1.54, 1.807) is 0 Å². The molecule has 4 saturated carbocycles. The first-order chi connectivity index (χ1) is 22.0. The Morgan fingerprint density at radius 1 is 0.844 bits per heavy atom. The van der Waals surface area contributed by atoms with Crippen LogP contribution >= 0.6 is 0 Å². The number of nitrogens with zero attached hydrogens (tertiary/aromatic N) is 2. The van der Waals surface area contributed by atoms with E-state index in [0.717, 1.165) is 70.3 Å². The Morgan fingerprint density at radius 2 is 1.51 bits per heavy atom. The van der Waals surface area contributed by atoms with E-state index in [0.29, 0.717) is 19.5 Å². The average molecular weight is 607 g/mol. The number of ether oxygens (including phenoxy) is 2. The highest BCUT2D eigenvalue weighted by Gasteiger charge is 2.51. The predicted octanol–water partition coefficient (Wildman–Crippen LogP) is 6.54. The molecule has 8 nitrogen and oxygen atoms in total. The van der Waals surface area contributed by atoms with Gasteiger partial charge in [0.2, 0.25) is 0 Å². The first kappa shape index (κ1) is 28.7. The van der Waals surface area contributed by atoms with E-state index in [4.69, 9.17) is 9.47 Å². The topological polar surface area (TPSA) is 97.6 Å². The molecule has 3 N–H and O–H groups in total. The van der Waals surface area contributed by atoms with Crippen LogP contribution in [0.2, 0.25) is 0 Å². The van der Waals surface area contributed by atoms with Crippen molar-refractivity contribution in [3.63, 3.8) is 0 Å². The molecular weight excluding hydrogens is 564 g/mol. The lowest BCUT2D eigenvalue weighted by atomic mass is 9.53. The summed E-state index contributed by atoms with van der Waals surface area (Å²) in [7, 11) is 0. The number of hydrogen-bond acceptors (Lipinski definition) is 5. The lowest BCUT2D eigenvalue weighted by molar-refractivity contribution is -0.252. The minimum atomic E-state index is -0.539. The Hall–Kier alpha value is -3.72. The Kier molecular flexibility index (Phi) is 7.60. The number of amides is 2. The van der Waals surface area contributed by atoms with Gasteiger partial charge in [-0.25, -0.2) is 9.78 Å². The second-order valence-corrected chi connectivity index (χ2v) is 14.0. The molecule has 1 saturated heterocycles. The number of hydrogen-bond donors (Lipinski definition) is 3. The number of nitrogens with one attached hydrogen (secondary N) is 2. The van der Waals surface area contributed by atoms with Crippen molar-refractivity contribution < 1.29 is 19.4 Å². The van der Waals surface area contributed by atoms with E-state index in [1.807, 2.05) is 73.1 Å². The highest BCUT2D eigenvalue weighted by atomic mass is 16.7. The fourth-order valence-electron chi connectivity index (χ4n) is 8.93. The van der Waals surface area contributed by atoms with Crippen molar-refractivity contribution in [2.24, 2.45) is 17.8 Å². The van der Waals surface area contributed by atoms with Crippen LogP contribution < -0.4 is 10.6 Å². The average Bonchev–Trinajstić information content (AvgIpc) is 3.45. The number of urea groups is 1. The third-order valence-corrected chi connectivity index (χ3v) is 10.7. The molecule has 0 radical (unpaired) electrons. The second-order valence-electron chi connectivity index (χ2n) is 14.0. The molecule has 1 aromatic heterocycles. The summed E-state index contributed by atoms with van der Waals surface area (Å²) in [6.45, 7) is 1.15. The molecule has 4 aromatic rings. The van der Waals surface area contributed by atoms with Gasteiger partial charge in [0.25, 0.3) is 0 Å². The minimum absolute atomic E-state index is 0.00680. The summed E-state index contributed by atoms with van der Waals surface area (Å²) in [5.41, 5.74) is 5.96. The summed E-state index contributed by atoms with van der Waals surface area (Å²) in [5, 5.41) is 16.1. The van der Waals surface area contributed by atoms with Crippen LogP contribution in [-0.2, 0) is 29.2 Å². The third-order valence-electron chi connectivity index (χ3n) is 10.7. The Balaban J connectivity index is 0.942. The van der Waals surface area contributed by atoms with Crippen molar-refractivity contribution in [2.75, 3.05) is 0 Å². The van der Waals surface area contributed by atoms with Crippen molar-refractivity contribution in [3.8, 4) is 0 Å². The number of aromatic nitrogens is 2.